The van der Waals surface area contributed by atoms with Crippen molar-refractivity contribution in [2.24, 2.45) is 0 Å². The molecule has 0 aliphatic rings. The first-order valence-electron chi connectivity index (χ1n) is 11.0. The zero-order valence-corrected chi connectivity index (χ0v) is 18.9. The fourth-order valence-corrected chi connectivity index (χ4v) is 4.19. The normalized spacial score (nSPS) is 12.1. The fraction of sp³-hybridized carbons (Fsp3) is 0.143. The Bertz CT molecular complexity index is 1450. The lowest BCUT2D eigenvalue weighted by molar-refractivity contribution is -0.138. The molecule has 2 aromatic heterocycles. The molecule has 3 aromatic carbocycles. The minimum absolute atomic E-state index is 0.237. The molecule has 0 saturated heterocycles. The van der Waals surface area contributed by atoms with Gasteiger partial charge in [0.15, 0.2) is 0 Å². The van der Waals surface area contributed by atoms with E-state index in [2.05, 4.69) is 24.3 Å². The summed E-state index contributed by atoms with van der Waals surface area (Å²) >= 11 is 0. The number of fused-ring (bicyclic) bond motifs is 1. The van der Waals surface area contributed by atoms with E-state index in [-0.39, 0.29) is 6.42 Å². The highest BCUT2D eigenvalue weighted by molar-refractivity contribution is 5.88. The van der Waals surface area contributed by atoms with Crippen LogP contribution in [-0.4, -0.2) is 28.0 Å². The van der Waals surface area contributed by atoms with E-state index in [0.29, 0.717) is 16.8 Å². The lowest BCUT2D eigenvalue weighted by atomic mass is 9.93. The van der Waals surface area contributed by atoms with Gasteiger partial charge in [-0.2, -0.15) is 5.10 Å². The van der Waals surface area contributed by atoms with E-state index in [1.165, 1.54) is 0 Å². The molecule has 0 bridgehead atoms. The Kier molecular flexibility index (Phi) is 5.64. The highest BCUT2D eigenvalue weighted by atomic mass is 16.5. The van der Waals surface area contributed by atoms with Gasteiger partial charge >= 0.3 is 5.97 Å². The molecule has 1 N–H and O–H groups in total. The summed E-state index contributed by atoms with van der Waals surface area (Å²) in [7, 11) is 1.63. The van der Waals surface area contributed by atoms with Crippen LogP contribution in [-0.2, 0) is 11.2 Å². The molecule has 6 nitrogen and oxygen atoms in total. The molecule has 1 unspecified atom stereocenters. The number of methoxy groups -OCH3 is 1. The van der Waals surface area contributed by atoms with Gasteiger partial charge in [0.2, 0.25) is 0 Å². The molecule has 0 aliphatic heterocycles. The largest absolute Gasteiger partial charge is 0.497 e. The zero-order chi connectivity index (χ0) is 23.7. The number of aliphatic carboxylic acids is 1. The number of carboxylic acids is 1. The number of aromatic nitrogens is 2. The van der Waals surface area contributed by atoms with Crippen LogP contribution in [0.4, 0.5) is 0 Å². The monoisotopic (exact) mass is 452 g/mol. The number of carbonyl (C=O) groups is 1. The molecule has 0 radical (unpaired) electrons. The molecule has 1 atom stereocenters. The smallest absolute Gasteiger partial charge is 0.311 e. The van der Waals surface area contributed by atoms with Gasteiger partial charge in [0.05, 0.1) is 36.4 Å². The molecule has 0 spiro atoms. The Morgan fingerprint density at radius 3 is 2.50 bits per heavy atom. The Morgan fingerprint density at radius 1 is 1.06 bits per heavy atom. The van der Waals surface area contributed by atoms with Crippen LogP contribution in [0.3, 0.4) is 0 Å². The number of benzene rings is 3. The predicted molar refractivity (Wildman–Crippen MR) is 131 cm³/mol. The molecular formula is C28H24N2O4. The second-order valence-corrected chi connectivity index (χ2v) is 8.28. The molecule has 34 heavy (non-hydrogen) atoms. The van der Waals surface area contributed by atoms with E-state index in [0.717, 1.165) is 33.6 Å². The van der Waals surface area contributed by atoms with Crippen molar-refractivity contribution in [1.29, 1.82) is 0 Å². The first-order chi connectivity index (χ1) is 16.5. The summed E-state index contributed by atoms with van der Waals surface area (Å²) in [6.07, 6.45) is 1.78. The van der Waals surface area contributed by atoms with Gasteiger partial charge in [-0.15, -0.1) is 0 Å². The summed E-state index contributed by atoms with van der Waals surface area (Å²) in [5, 5.41) is 15.7. The molecule has 2 heterocycles. The van der Waals surface area contributed by atoms with Gasteiger partial charge < -0.3 is 14.3 Å². The average Bonchev–Trinajstić information content (AvgIpc) is 3.47. The van der Waals surface area contributed by atoms with E-state index < -0.39 is 11.9 Å². The molecular weight excluding hydrogens is 428 g/mol. The standard InChI is InChI=1S/C28H24N2O4/c1-18-7-9-19(10-8-18)26-16-20(29-30(26)21-11-13-22(33-2)14-12-21)15-24(28(31)32)25-17-34-27-6-4-3-5-23(25)27/h3-14,16-17,24H,15H2,1-2H3,(H,31,32). The first-order valence-corrected chi connectivity index (χ1v) is 11.0. The van der Waals surface area contributed by atoms with Crippen LogP contribution in [0.2, 0.25) is 0 Å². The molecule has 0 saturated carbocycles. The van der Waals surface area contributed by atoms with Crippen LogP contribution in [0.1, 0.15) is 22.7 Å². The van der Waals surface area contributed by atoms with Crippen LogP contribution in [0.15, 0.2) is 89.5 Å². The van der Waals surface area contributed by atoms with E-state index in [1.807, 2.05) is 66.2 Å². The average molecular weight is 453 g/mol. The Balaban J connectivity index is 1.58. The topological polar surface area (TPSA) is 77.5 Å². The van der Waals surface area contributed by atoms with Crippen molar-refractivity contribution >= 4 is 16.9 Å². The highest BCUT2D eigenvalue weighted by Gasteiger charge is 2.26. The number of ether oxygens (including phenoxy) is 1. The van der Waals surface area contributed by atoms with Crippen LogP contribution in [0.25, 0.3) is 27.9 Å². The number of rotatable bonds is 7. The summed E-state index contributed by atoms with van der Waals surface area (Å²) in [6.45, 7) is 2.04. The molecule has 0 aliphatic carbocycles. The van der Waals surface area contributed by atoms with Crippen molar-refractivity contribution < 1.29 is 19.1 Å². The van der Waals surface area contributed by atoms with Gasteiger partial charge in [-0.1, -0.05) is 48.0 Å². The van der Waals surface area contributed by atoms with Crippen molar-refractivity contribution in [2.45, 2.75) is 19.3 Å². The van der Waals surface area contributed by atoms with E-state index in [9.17, 15) is 9.90 Å². The summed E-state index contributed by atoms with van der Waals surface area (Å²) in [5.41, 5.74) is 5.93. The van der Waals surface area contributed by atoms with Crippen LogP contribution in [0.5, 0.6) is 5.75 Å². The second kappa shape index (κ2) is 8.90. The third-order valence-electron chi connectivity index (χ3n) is 6.02. The number of nitrogens with zero attached hydrogens (tertiary/aromatic N) is 2. The summed E-state index contributed by atoms with van der Waals surface area (Å²) in [4.78, 5) is 12.3. The van der Waals surface area contributed by atoms with Gasteiger partial charge in [-0.3, -0.25) is 4.79 Å². The first kappa shape index (κ1) is 21.5. The number of hydrogen-bond acceptors (Lipinski definition) is 4. The summed E-state index contributed by atoms with van der Waals surface area (Å²) in [5.74, 6) is -0.943. The van der Waals surface area contributed by atoms with Crippen molar-refractivity contribution in [3.8, 4) is 22.7 Å². The summed E-state index contributed by atoms with van der Waals surface area (Å²) < 4.78 is 12.8. The van der Waals surface area contributed by atoms with Crippen LogP contribution >= 0.6 is 0 Å². The Morgan fingerprint density at radius 2 is 1.79 bits per heavy atom. The lowest BCUT2D eigenvalue weighted by Crippen LogP contribution is -2.14. The minimum atomic E-state index is -0.914. The van der Waals surface area contributed by atoms with Crippen molar-refractivity contribution in [3.05, 3.63) is 102 Å². The van der Waals surface area contributed by atoms with Gasteiger partial charge in [0, 0.05) is 22.9 Å². The number of para-hydroxylation sites is 1. The maximum atomic E-state index is 12.3. The van der Waals surface area contributed by atoms with E-state index in [4.69, 9.17) is 14.3 Å². The number of hydrogen-bond donors (Lipinski definition) is 1. The molecule has 5 rings (SSSR count). The number of carboxylic acid groups (broad SMARTS) is 1. The Labute approximate surface area is 197 Å². The maximum Gasteiger partial charge on any atom is 0.311 e. The van der Waals surface area contributed by atoms with Crippen LogP contribution in [0, 0.1) is 6.92 Å². The van der Waals surface area contributed by atoms with Gasteiger partial charge in [0.25, 0.3) is 0 Å². The highest BCUT2D eigenvalue weighted by Crippen LogP contribution is 2.32. The third-order valence-corrected chi connectivity index (χ3v) is 6.02. The van der Waals surface area contributed by atoms with Crippen molar-refractivity contribution in [3.63, 3.8) is 0 Å². The molecule has 170 valence electrons. The SMILES string of the molecule is COc1ccc(-n2nc(CC(C(=O)O)c3coc4ccccc34)cc2-c2ccc(C)cc2)cc1. The second-order valence-electron chi connectivity index (χ2n) is 8.28. The Hall–Kier alpha value is -4.32. The van der Waals surface area contributed by atoms with Crippen molar-refractivity contribution in [2.75, 3.05) is 7.11 Å². The predicted octanol–water partition coefficient (Wildman–Crippen LogP) is 6.01. The number of aryl methyl sites for hydroxylation is 1. The quantitative estimate of drug-likeness (QED) is 0.327. The molecule has 6 heteroatoms. The maximum absolute atomic E-state index is 12.3. The fourth-order valence-electron chi connectivity index (χ4n) is 4.19. The lowest BCUT2D eigenvalue weighted by Gasteiger charge is -2.10. The van der Waals surface area contributed by atoms with Gasteiger partial charge in [-0.05, 0) is 43.3 Å². The molecule has 5 aromatic rings. The van der Waals surface area contributed by atoms with E-state index in [1.54, 1.807) is 13.4 Å². The minimum Gasteiger partial charge on any atom is -0.497 e. The van der Waals surface area contributed by atoms with Crippen LogP contribution < -0.4 is 4.74 Å². The van der Waals surface area contributed by atoms with Gasteiger partial charge in [-0.25, -0.2) is 4.68 Å². The summed E-state index contributed by atoms with van der Waals surface area (Å²) in [6, 6.07) is 25.3. The van der Waals surface area contributed by atoms with E-state index >= 15 is 0 Å². The number of furan rings is 1. The van der Waals surface area contributed by atoms with Crippen molar-refractivity contribution in [1.82, 2.24) is 9.78 Å². The molecule has 0 amide bonds. The zero-order valence-electron chi connectivity index (χ0n) is 18.9. The third kappa shape index (κ3) is 4.06. The molecule has 0 fully saturated rings. The van der Waals surface area contributed by atoms with Gasteiger partial charge in [0.1, 0.15) is 11.3 Å².